The number of rotatable bonds is 8. The van der Waals surface area contributed by atoms with E-state index < -0.39 is 0 Å². The molecule has 1 heterocycles. The maximum Gasteiger partial charge on any atom is 0.255 e. The van der Waals surface area contributed by atoms with E-state index >= 15 is 0 Å². The third-order valence-corrected chi connectivity index (χ3v) is 6.70. The largest absolute Gasteiger partial charge is 0.325 e. The van der Waals surface area contributed by atoms with Gasteiger partial charge in [0.15, 0.2) is 11.0 Å². The van der Waals surface area contributed by atoms with Gasteiger partial charge >= 0.3 is 0 Å². The van der Waals surface area contributed by atoms with Crippen molar-refractivity contribution < 1.29 is 9.59 Å². The van der Waals surface area contributed by atoms with E-state index in [1.165, 1.54) is 11.8 Å². The minimum Gasteiger partial charge on any atom is -0.325 e. The van der Waals surface area contributed by atoms with Crippen LogP contribution in [-0.4, -0.2) is 32.3 Å². The Labute approximate surface area is 228 Å². The van der Waals surface area contributed by atoms with Crippen LogP contribution in [0.25, 0.3) is 17.1 Å². The SMILES string of the molecule is O=C(CSc1nnc(-c2ccccc2NC(=O)c2ccccc2)n1-c1ccccc1)Nc1cccc(Cl)c1. The predicted octanol–water partition coefficient (Wildman–Crippen LogP) is 6.57. The molecule has 4 aromatic carbocycles. The van der Waals surface area contributed by atoms with E-state index in [1.807, 2.05) is 77.4 Å². The fraction of sp³-hybridized carbons (Fsp3) is 0.0345. The lowest BCUT2D eigenvalue weighted by molar-refractivity contribution is -0.113. The monoisotopic (exact) mass is 539 g/mol. The number of amides is 2. The molecule has 2 amide bonds. The summed E-state index contributed by atoms with van der Waals surface area (Å²) in [7, 11) is 0. The van der Waals surface area contributed by atoms with Gasteiger partial charge in [-0.1, -0.05) is 78.0 Å². The Hall–Kier alpha value is -4.40. The van der Waals surface area contributed by atoms with Crippen molar-refractivity contribution >= 4 is 46.6 Å². The quantitative estimate of drug-likeness (QED) is 0.218. The maximum absolute atomic E-state index is 12.9. The fourth-order valence-electron chi connectivity index (χ4n) is 3.81. The second-order valence-electron chi connectivity index (χ2n) is 8.19. The second-order valence-corrected chi connectivity index (χ2v) is 9.57. The molecule has 1 aromatic heterocycles. The van der Waals surface area contributed by atoms with Gasteiger partial charge < -0.3 is 10.6 Å². The number of anilines is 2. The number of carbonyl (C=O) groups excluding carboxylic acids is 2. The van der Waals surface area contributed by atoms with Crippen LogP contribution in [0.1, 0.15) is 10.4 Å². The number of benzene rings is 4. The van der Waals surface area contributed by atoms with Crippen LogP contribution in [0.3, 0.4) is 0 Å². The summed E-state index contributed by atoms with van der Waals surface area (Å²) in [6, 6.07) is 33.1. The van der Waals surface area contributed by atoms with Gasteiger partial charge in [-0.15, -0.1) is 10.2 Å². The molecule has 0 radical (unpaired) electrons. The lowest BCUT2D eigenvalue weighted by Crippen LogP contribution is -2.14. The lowest BCUT2D eigenvalue weighted by Gasteiger charge is -2.14. The van der Waals surface area contributed by atoms with Crippen LogP contribution in [0, 0.1) is 0 Å². The molecule has 0 saturated carbocycles. The van der Waals surface area contributed by atoms with Gasteiger partial charge in [-0.25, -0.2) is 0 Å². The molecule has 2 N–H and O–H groups in total. The van der Waals surface area contributed by atoms with Crippen molar-refractivity contribution in [3.8, 4) is 17.1 Å². The molecule has 0 spiro atoms. The standard InChI is InChI=1S/C29H22ClN5O2S/c30-21-12-9-13-22(18-21)31-26(36)19-38-29-34-33-27(35(29)23-14-5-2-6-15-23)24-16-7-8-17-25(24)32-28(37)20-10-3-1-4-11-20/h1-18H,19H2,(H,31,36)(H,32,37). The Morgan fingerprint density at radius 2 is 1.50 bits per heavy atom. The van der Waals surface area contributed by atoms with E-state index in [2.05, 4.69) is 20.8 Å². The highest BCUT2D eigenvalue weighted by Gasteiger charge is 2.20. The number of nitrogens with zero attached hydrogens (tertiary/aromatic N) is 3. The minimum atomic E-state index is -0.226. The van der Waals surface area contributed by atoms with Crippen molar-refractivity contribution in [3.63, 3.8) is 0 Å². The van der Waals surface area contributed by atoms with Crippen molar-refractivity contribution in [2.45, 2.75) is 5.16 Å². The van der Waals surface area contributed by atoms with Gasteiger partial charge in [0.05, 0.1) is 11.4 Å². The molecule has 9 heteroatoms. The lowest BCUT2D eigenvalue weighted by atomic mass is 10.1. The minimum absolute atomic E-state index is 0.115. The molecule has 0 fully saturated rings. The molecule has 38 heavy (non-hydrogen) atoms. The first-order valence-electron chi connectivity index (χ1n) is 11.7. The maximum atomic E-state index is 12.9. The number of hydrogen-bond acceptors (Lipinski definition) is 5. The Kier molecular flexibility index (Phi) is 7.82. The van der Waals surface area contributed by atoms with Gasteiger partial charge in [-0.2, -0.15) is 0 Å². The van der Waals surface area contributed by atoms with Gasteiger partial charge in [0, 0.05) is 27.5 Å². The number of thioether (sulfide) groups is 1. The zero-order valence-electron chi connectivity index (χ0n) is 20.0. The smallest absolute Gasteiger partial charge is 0.255 e. The Morgan fingerprint density at radius 1 is 0.789 bits per heavy atom. The van der Waals surface area contributed by atoms with Crippen molar-refractivity contribution in [2.24, 2.45) is 0 Å². The molecular formula is C29H22ClN5O2S. The zero-order chi connectivity index (χ0) is 26.3. The van der Waals surface area contributed by atoms with E-state index in [1.54, 1.807) is 36.4 Å². The molecule has 0 unspecified atom stereocenters. The first-order chi connectivity index (χ1) is 18.6. The summed E-state index contributed by atoms with van der Waals surface area (Å²) >= 11 is 7.29. The topological polar surface area (TPSA) is 88.9 Å². The third-order valence-electron chi connectivity index (χ3n) is 5.54. The van der Waals surface area contributed by atoms with Crippen LogP contribution in [-0.2, 0) is 4.79 Å². The molecule has 0 aliphatic heterocycles. The number of hydrogen-bond donors (Lipinski definition) is 2. The van der Waals surface area contributed by atoms with Crippen molar-refractivity contribution in [3.05, 3.63) is 120 Å². The van der Waals surface area contributed by atoms with Gasteiger partial charge in [0.1, 0.15) is 0 Å². The van der Waals surface area contributed by atoms with E-state index in [0.717, 1.165) is 5.69 Å². The Morgan fingerprint density at radius 3 is 2.26 bits per heavy atom. The first kappa shape index (κ1) is 25.3. The van der Waals surface area contributed by atoms with E-state index in [-0.39, 0.29) is 17.6 Å². The second kappa shape index (κ2) is 11.8. The average molecular weight is 540 g/mol. The number of carbonyl (C=O) groups is 2. The van der Waals surface area contributed by atoms with E-state index in [4.69, 9.17) is 11.6 Å². The van der Waals surface area contributed by atoms with Crippen molar-refractivity contribution in [1.29, 1.82) is 0 Å². The number of halogens is 1. The molecule has 5 rings (SSSR count). The van der Waals surface area contributed by atoms with Crippen molar-refractivity contribution in [2.75, 3.05) is 16.4 Å². The van der Waals surface area contributed by atoms with E-state index in [9.17, 15) is 9.59 Å². The van der Waals surface area contributed by atoms with Crippen LogP contribution >= 0.6 is 23.4 Å². The highest BCUT2D eigenvalue weighted by Crippen LogP contribution is 2.32. The summed E-state index contributed by atoms with van der Waals surface area (Å²) in [5.74, 6) is 0.232. The summed E-state index contributed by atoms with van der Waals surface area (Å²) in [6.45, 7) is 0. The molecular weight excluding hydrogens is 518 g/mol. The molecule has 5 aromatic rings. The van der Waals surface area contributed by atoms with Gasteiger partial charge in [0.2, 0.25) is 5.91 Å². The summed E-state index contributed by atoms with van der Waals surface area (Å²) in [5, 5.41) is 15.8. The molecule has 0 bridgehead atoms. The van der Waals surface area contributed by atoms with Crippen LogP contribution in [0.2, 0.25) is 5.02 Å². The van der Waals surface area contributed by atoms with Crippen LogP contribution < -0.4 is 10.6 Å². The number of para-hydroxylation sites is 2. The predicted molar refractivity (Wildman–Crippen MR) is 152 cm³/mol. The summed E-state index contributed by atoms with van der Waals surface area (Å²) in [5.41, 5.74) is 3.30. The summed E-state index contributed by atoms with van der Waals surface area (Å²) in [6.07, 6.45) is 0. The molecule has 7 nitrogen and oxygen atoms in total. The van der Waals surface area contributed by atoms with Crippen LogP contribution in [0.15, 0.2) is 114 Å². The Bertz CT molecular complexity index is 1570. The molecule has 188 valence electrons. The summed E-state index contributed by atoms with van der Waals surface area (Å²) in [4.78, 5) is 25.5. The molecule has 0 atom stereocenters. The zero-order valence-corrected chi connectivity index (χ0v) is 21.6. The average Bonchev–Trinajstić information content (AvgIpc) is 3.37. The van der Waals surface area contributed by atoms with Crippen LogP contribution in [0.4, 0.5) is 11.4 Å². The Balaban J connectivity index is 1.44. The van der Waals surface area contributed by atoms with Gasteiger partial charge in [0.25, 0.3) is 5.91 Å². The number of nitrogens with one attached hydrogen (secondary N) is 2. The van der Waals surface area contributed by atoms with Crippen molar-refractivity contribution in [1.82, 2.24) is 14.8 Å². The van der Waals surface area contributed by atoms with Gasteiger partial charge in [-0.3, -0.25) is 14.2 Å². The molecule has 0 aliphatic rings. The third kappa shape index (κ3) is 5.94. The number of aromatic nitrogens is 3. The highest BCUT2D eigenvalue weighted by molar-refractivity contribution is 7.99. The summed E-state index contributed by atoms with van der Waals surface area (Å²) < 4.78 is 1.88. The molecule has 0 aliphatic carbocycles. The fourth-order valence-corrected chi connectivity index (χ4v) is 4.75. The highest BCUT2D eigenvalue weighted by atomic mass is 35.5. The normalized spacial score (nSPS) is 10.7. The van der Waals surface area contributed by atoms with E-state index in [0.29, 0.717) is 38.5 Å². The van der Waals surface area contributed by atoms with Crippen LogP contribution in [0.5, 0.6) is 0 Å². The van der Waals surface area contributed by atoms with Gasteiger partial charge in [-0.05, 0) is 54.6 Å². The molecule has 0 saturated heterocycles. The first-order valence-corrected chi connectivity index (χ1v) is 13.1.